The van der Waals surface area contributed by atoms with Crippen molar-refractivity contribution in [2.45, 2.75) is 6.92 Å². The topological polar surface area (TPSA) is 45.2 Å². The number of aryl methyl sites for hydroxylation is 1. The molecule has 0 radical (unpaired) electrons. The van der Waals surface area contributed by atoms with Crippen LogP contribution in [-0.2, 0) is 0 Å². The Morgan fingerprint density at radius 1 is 1.10 bits per heavy atom. The highest BCUT2D eigenvalue weighted by molar-refractivity contribution is 5.95. The number of hydrogen-bond acceptors (Lipinski definition) is 3. The van der Waals surface area contributed by atoms with E-state index in [1.165, 1.54) is 0 Å². The largest absolute Gasteiger partial charge is 0.336 e. The summed E-state index contributed by atoms with van der Waals surface area (Å²) in [5, 5.41) is 3.26. The number of carbonyl (C=O) groups excluding carboxylic acids is 1. The summed E-state index contributed by atoms with van der Waals surface area (Å²) in [5.74, 6) is 0.0844. The van der Waals surface area contributed by atoms with Gasteiger partial charge in [0.1, 0.15) is 0 Å². The zero-order chi connectivity index (χ0) is 14.7. The number of aromatic nitrogens is 1. The van der Waals surface area contributed by atoms with E-state index >= 15 is 0 Å². The van der Waals surface area contributed by atoms with Crippen molar-refractivity contribution in [3.8, 4) is 11.3 Å². The number of carbonyl (C=O) groups is 1. The highest BCUT2D eigenvalue weighted by Gasteiger charge is 2.20. The first-order valence-corrected chi connectivity index (χ1v) is 7.29. The molecule has 0 saturated carbocycles. The van der Waals surface area contributed by atoms with Gasteiger partial charge in [-0.25, -0.2) is 0 Å². The van der Waals surface area contributed by atoms with E-state index in [0.29, 0.717) is 5.56 Å². The van der Waals surface area contributed by atoms with Crippen LogP contribution in [0.3, 0.4) is 0 Å². The highest BCUT2D eigenvalue weighted by Crippen LogP contribution is 2.19. The van der Waals surface area contributed by atoms with E-state index < -0.39 is 0 Å². The molecule has 1 aliphatic rings. The molecule has 1 amide bonds. The fraction of sp³-hybridized carbons (Fsp3) is 0.294. The summed E-state index contributed by atoms with van der Waals surface area (Å²) in [4.78, 5) is 19.0. The summed E-state index contributed by atoms with van der Waals surface area (Å²) >= 11 is 0. The molecule has 3 rings (SSSR count). The molecular weight excluding hydrogens is 262 g/mol. The van der Waals surface area contributed by atoms with Gasteiger partial charge in [-0.15, -0.1) is 0 Å². The maximum Gasteiger partial charge on any atom is 0.255 e. The molecule has 1 aliphatic heterocycles. The number of piperazine rings is 1. The number of pyridine rings is 1. The fourth-order valence-corrected chi connectivity index (χ4v) is 2.60. The van der Waals surface area contributed by atoms with Gasteiger partial charge in [0.25, 0.3) is 5.91 Å². The van der Waals surface area contributed by atoms with Crippen molar-refractivity contribution in [3.05, 3.63) is 53.7 Å². The van der Waals surface area contributed by atoms with Crippen LogP contribution in [0.1, 0.15) is 16.1 Å². The normalized spacial score (nSPS) is 15.0. The molecule has 4 nitrogen and oxygen atoms in total. The molecule has 0 spiro atoms. The van der Waals surface area contributed by atoms with Crippen molar-refractivity contribution in [1.82, 2.24) is 15.2 Å². The second-order valence-corrected chi connectivity index (χ2v) is 5.24. The molecule has 1 saturated heterocycles. The molecule has 0 unspecified atom stereocenters. The third-order valence-corrected chi connectivity index (χ3v) is 3.79. The quantitative estimate of drug-likeness (QED) is 0.917. The minimum atomic E-state index is 0.0844. The van der Waals surface area contributed by atoms with E-state index in [1.54, 1.807) is 0 Å². The van der Waals surface area contributed by atoms with Crippen molar-refractivity contribution < 1.29 is 4.79 Å². The van der Waals surface area contributed by atoms with E-state index in [-0.39, 0.29) is 5.91 Å². The lowest BCUT2D eigenvalue weighted by Crippen LogP contribution is -2.46. The number of hydrogen-bond donors (Lipinski definition) is 1. The molecule has 4 heteroatoms. The lowest BCUT2D eigenvalue weighted by atomic mass is 10.1. The summed E-state index contributed by atoms with van der Waals surface area (Å²) in [5.41, 5.74) is 3.48. The van der Waals surface area contributed by atoms with Gasteiger partial charge in [0.05, 0.1) is 17.0 Å². The van der Waals surface area contributed by atoms with E-state index in [0.717, 1.165) is 43.1 Å². The Hall–Kier alpha value is -2.20. The Morgan fingerprint density at radius 2 is 1.81 bits per heavy atom. The standard InChI is InChI=1S/C17H19N3O/c1-13-15(17(21)20-11-9-18-10-12-20)7-8-16(19-13)14-5-3-2-4-6-14/h2-8,18H,9-12H2,1H3. The van der Waals surface area contributed by atoms with Crippen LogP contribution in [0.2, 0.25) is 0 Å². The molecule has 1 aromatic heterocycles. The second kappa shape index (κ2) is 6.06. The van der Waals surface area contributed by atoms with Crippen LogP contribution in [0.15, 0.2) is 42.5 Å². The molecule has 1 aromatic carbocycles. The Labute approximate surface area is 124 Å². The van der Waals surface area contributed by atoms with Crippen molar-refractivity contribution in [2.24, 2.45) is 0 Å². The van der Waals surface area contributed by atoms with Crippen LogP contribution in [0.5, 0.6) is 0 Å². The molecule has 2 aromatic rings. The van der Waals surface area contributed by atoms with Crippen LogP contribution < -0.4 is 5.32 Å². The molecule has 1 fully saturated rings. The molecule has 21 heavy (non-hydrogen) atoms. The zero-order valence-corrected chi connectivity index (χ0v) is 12.2. The number of nitrogens with one attached hydrogen (secondary N) is 1. The average Bonchev–Trinajstić information content (AvgIpc) is 2.56. The number of nitrogens with zero attached hydrogens (tertiary/aromatic N) is 2. The smallest absolute Gasteiger partial charge is 0.255 e. The molecule has 1 N–H and O–H groups in total. The predicted molar refractivity (Wildman–Crippen MR) is 83.2 cm³/mol. The molecule has 108 valence electrons. The van der Waals surface area contributed by atoms with Gasteiger partial charge in [0, 0.05) is 31.7 Å². The van der Waals surface area contributed by atoms with E-state index in [1.807, 2.05) is 54.3 Å². The van der Waals surface area contributed by atoms with E-state index in [2.05, 4.69) is 10.3 Å². The van der Waals surface area contributed by atoms with Gasteiger partial charge in [0.15, 0.2) is 0 Å². The van der Waals surface area contributed by atoms with Crippen molar-refractivity contribution in [3.63, 3.8) is 0 Å². The summed E-state index contributed by atoms with van der Waals surface area (Å²) in [6.45, 7) is 5.15. The molecule has 0 aliphatic carbocycles. The van der Waals surface area contributed by atoms with Crippen molar-refractivity contribution in [1.29, 1.82) is 0 Å². The molecular formula is C17H19N3O. The third-order valence-electron chi connectivity index (χ3n) is 3.79. The van der Waals surface area contributed by atoms with Crippen LogP contribution in [-0.4, -0.2) is 42.0 Å². The zero-order valence-electron chi connectivity index (χ0n) is 12.2. The highest BCUT2D eigenvalue weighted by atomic mass is 16.2. The SMILES string of the molecule is Cc1nc(-c2ccccc2)ccc1C(=O)N1CCNCC1. The van der Waals surface area contributed by atoms with Crippen LogP contribution in [0.4, 0.5) is 0 Å². The van der Waals surface area contributed by atoms with Gasteiger partial charge in [-0.3, -0.25) is 9.78 Å². The Balaban J connectivity index is 1.86. The van der Waals surface area contributed by atoms with Crippen LogP contribution >= 0.6 is 0 Å². The summed E-state index contributed by atoms with van der Waals surface area (Å²) in [6, 6.07) is 13.9. The Morgan fingerprint density at radius 3 is 2.48 bits per heavy atom. The molecule has 0 bridgehead atoms. The number of rotatable bonds is 2. The number of amides is 1. The average molecular weight is 281 g/mol. The van der Waals surface area contributed by atoms with Gasteiger partial charge < -0.3 is 10.2 Å². The van der Waals surface area contributed by atoms with Crippen molar-refractivity contribution >= 4 is 5.91 Å². The van der Waals surface area contributed by atoms with E-state index in [9.17, 15) is 4.79 Å². The van der Waals surface area contributed by atoms with Gasteiger partial charge in [-0.2, -0.15) is 0 Å². The second-order valence-electron chi connectivity index (χ2n) is 5.24. The van der Waals surface area contributed by atoms with Gasteiger partial charge in [-0.1, -0.05) is 30.3 Å². The predicted octanol–water partition coefficient (Wildman–Crippen LogP) is 2.10. The summed E-state index contributed by atoms with van der Waals surface area (Å²) in [7, 11) is 0. The summed E-state index contributed by atoms with van der Waals surface area (Å²) < 4.78 is 0. The first kappa shape index (κ1) is 13.8. The molecule has 0 atom stereocenters. The molecule has 2 heterocycles. The third kappa shape index (κ3) is 2.95. The first-order valence-electron chi connectivity index (χ1n) is 7.29. The monoisotopic (exact) mass is 281 g/mol. The van der Waals surface area contributed by atoms with Crippen LogP contribution in [0.25, 0.3) is 11.3 Å². The van der Waals surface area contributed by atoms with Crippen molar-refractivity contribution in [2.75, 3.05) is 26.2 Å². The van der Waals surface area contributed by atoms with Gasteiger partial charge >= 0.3 is 0 Å². The lowest BCUT2D eigenvalue weighted by molar-refractivity contribution is 0.0734. The maximum atomic E-state index is 12.5. The summed E-state index contributed by atoms with van der Waals surface area (Å²) in [6.07, 6.45) is 0. The van der Waals surface area contributed by atoms with Gasteiger partial charge in [-0.05, 0) is 19.1 Å². The maximum absolute atomic E-state index is 12.5. The minimum absolute atomic E-state index is 0.0844. The Kier molecular flexibility index (Phi) is 3.97. The lowest BCUT2D eigenvalue weighted by Gasteiger charge is -2.27. The number of benzene rings is 1. The van der Waals surface area contributed by atoms with Crippen LogP contribution in [0, 0.1) is 6.92 Å². The Bertz CT molecular complexity index is 634. The fourth-order valence-electron chi connectivity index (χ4n) is 2.60. The van der Waals surface area contributed by atoms with E-state index in [4.69, 9.17) is 0 Å². The first-order chi connectivity index (χ1) is 10.3. The van der Waals surface area contributed by atoms with Gasteiger partial charge in [0.2, 0.25) is 0 Å². The minimum Gasteiger partial charge on any atom is -0.336 e.